The lowest BCUT2D eigenvalue weighted by Gasteiger charge is -2.03. The van der Waals surface area contributed by atoms with E-state index in [0.717, 1.165) is 0 Å². The Morgan fingerprint density at radius 2 is 1.82 bits per heavy atom. The Balaban J connectivity index is 2.89. The Morgan fingerprint density at radius 1 is 1.27 bits per heavy atom. The van der Waals surface area contributed by atoms with Gasteiger partial charge in [0.2, 0.25) is 0 Å². The van der Waals surface area contributed by atoms with Crippen molar-refractivity contribution in [2.45, 2.75) is 13.5 Å². The van der Waals surface area contributed by atoms with Crippen molar-refractivity contribution in [2.75, 3.05) is 0 Å². The van der Waals surface area contributed by atoms with Gasteiger partial charge in [0.25, 0.3) is 0 Å². The normalized spacial score (nSPS) is 12.5. The summed E-state index contributed by atoms with van der Waals surface area (Å²) in [5, 5.41) is 1.48. The maximum absolute atomic E-state index is 3.82. The summed E-state index contributed by atoms with van der Waals surface area (Å²) in [4.78, 5) is 0. The molecule has 0 radical (unpaired) electrons. The van der Waals surface area contributed by atoms with Crippen LogP contribution in [0.4, 0.5) is 0 Å². The van der Waals surface area contributed by atoms with Gasteiger partial charge in [-0.05, 0) is 6.92 Å². The van der Waals surface area contributed by atoms with Crippen LogP contribution in [0.5, 0.6) is 0 Å². The standard InChI is InChI=1S/C10H14Si/c1-4-11(3)10-7-5-9(2)6-8-10/h4-8,11H,1H2,2-3H3. The molecule has 0 spiro atoms. The molecule has 1 atom stereocenters. The Hall–Kier alpha value is -0.823. The average molecular weight is 162 g/mol. The van der Waals surface area contributed by atoms with Crippen molar-refractivity contribution in [3.8, 4) is 0 Å². The fraction of sp³-hybridized carbons (Fsp3) is 0.200. The zero-order chi connectivity index (χ0) is 8.27. The van der Waals surface area contributed by atoms with Gasteiger partial charge in [-0.2, -0.15) is 0 Å². The molecule has 0 fully saturated rings. The Labute approximate surface area is 70.2 Å². The smallest absolute Gasteiger partial charge is 0.0903 e. The first-order valence-electron chi connectivity index (χ1n) is 3.93. The lowest BCUT2D eigenvalue weighted by atomic mass is 10.2. The molecule has 58 valence electrons. The van der Waals surface area contributed by atoms with Crippen molar-refractivity contribution in [1.82, 2.24) is 0 Å². The highest BCUT2D eigenvalue weighted by Crippen LogP contribution is 1.94. The van der Waals surface area contributed by atoms with Gasteiger partial charge >= 0.3 is 0 Å². The van der Waals surface area contributed by atoms with Gasteiger partial charge in [-0.3, -0.25) is 0 Å². The predicted octanol–water partition coefficient (Wildman–Crippen LogP) is 1.78. The third-order valence-electron chi connectivity index (χ3n) is 1.96. The zero-order valence-electron chi connectivity index (χ0n) is 7.17. The van der Waals surface area contributed by atoms with Gasteiger partial charge in [0, 0.05) is 0 Å². The van der Waals surface area contributed by atoms with Crippen molar-refractivity contribution in [2.24, 2.45) is 0 Å². The van der Waals surface area contributed by atoms with Gasteiger partial charge in [-0.25, -0.2) is 0 Å². The molecule has 1 aromatic rings. The maximum atomic E-state index is 3.82. The van der Waals surface area contributed by atoms with Gasteiger partial charge in [0.1, 0.15) is 0 Å². The number of hydrogen-bond acceptors (Lipinski definition) is 0. The molecule has 0 N–H and O–H groups in total. The molecule has 0 aromatic heterocycles. The second-order valence-electron chi connectivity index (χ2n) is 2.94. The molecule has 0 nitrogen and oxygen atoms in total. The maximum Gasteiger partial charge on any atom is 0.0903 e. The third kappa shape index (κ3) is 2.05. The summed E-state index contributed by atoms with van der Waals surface area (Å²) < 4.78 is 0. The zero-order valence-corrected chi connectivity index (χ0v) is 8.33. The van der Waals surface area contributed by atoms with E-state index in [0.29, 0.717) is 0 Å². The molecule has 0 aliphatic heterocycles. The van der Waals surface area contributed by atoms with Gasteiger partial charge in [-0.1, -0.05) is 41.6 Å². The fourth-order valence-corrected chi connectivity index (χ4v) is 2.08. The minimum Gasteiger partial charge on any atom is -0.107 e. The second kappa shape index (κ2) is 3.53. The van der Waals surface area contributed by atoms with Crippen LogP contribution in [0.15, 0.2) is 36.5 Å². The highest BCUT2D eigenvalue weighted by atomic mass is 28.3. The van der Waals surface area contributed by atoms with Crippen LogP contribution in [0.1, 0.15) is 5.56 Å². The summed E-state index contributed by atoms with van der Waals surface area (Å²) in [6.45, 7) is 8.23. The average Bonchev–Trinajstić information content (AvgIpc) is 2.05. The molecule has 0 heterocycles. The summed E-state index contributed by atoms with van der Waals surface area (Å²) in [6, 6.07) is 8.77. The van der Waals surface area contributed by atoms with Crippen molar-refractivity contribution in [3.63, 3.8) is 0 Å². The molecule has 1 rings (SSSR count). The van der Waals surface area contributed by atoms with Crippen LogP contribution in [0.25, 0.3) is 0 Å². The van der Waals surface area contributed by atoms with E-state index in [1.165, 1.54) is 10.8 Å². The molecule has 0 aliphatic carbocycles. The lowest BCUT2D eigenvalue weighted by Crippen LogP contribution is -2.23. The summed E-state index contributed by atoms with van der Waals surface area (Å²) in [5.41, 5.74) is 3.43. The molecule has 0 amide bonds. The minimum atomic E-state index is -0.796. The number of benzene rings is 1. The molecule has 1 unspecified atom stereocenters. The van der Waals surface area contributed by atoms with Crippen molar-refractivity contribution < 1.29 is 0 Å². The molecule has 0 saturated carbocycles. The lowest BCUT2D eigenvalue weighted by molar-refractivity contribution is 1.49. The van der Waals surface area contributed by atoms with Crippen LogP contribution in [0.3, 0.4) is 0 Å². The van der Waals surface area contributed by atoms with E-state index >= 15 is 0 Å². The summed E-state index contributed by atoms with van der Waals surface area (Å²) in [6.07, 6.45) is 0. The van der Waals surface area contributed by atoms with Gasteiger partial charge < -0.3 is 0 Å². The quantitative estimate of drug-likeness (QED) is 0.582. The number of rotatable bonds is 2. The third-order valence-corrected chi connectivity index (χ3v) is 4.10. The molecule has 0 bridgehead atoms. The first kappa shape index (κ1) is 8.28. The van der Waals surface area contributed by atoms with Crippen molar-refractivity contribution >= 4 is 14.0 Å². The van der Waals surface area contributed by atoms with Crippen LogP contribution in [0, 0.1) is 6.92 Å². The van der Waals surface area contributed by atoms with Crippen LogP contribution in [-0.2, 0) is 0 Å². The molecular weight excluding hydrogens is 148 g/mol. The van der Waals surface area contributed by atoms with Gasteiger partial charge in [0.15, 0.2) is 0 Å². The number of hydrogen-bond donors (Lipinski definition) is 0. The molecule has 11 heavy (non-hydrogen) atoms. The predicted molar refractivity (Wildman–Crippen MR) is 54.0 cm³/mol. The molecule has 0 aliphatic rings. The topological polar surface area (TPSA) is 0 Å². The highest BCUT2D eigenvalue weighted by Gasteiger charge is 1.99. The SMILES string of the molecule is C=C[SiH](C)c1ccc(C)cc1. The van der Waals surface area contributed by atoms with Crippen LogP contribution >= 0.6 is 0 Å². The van der Waals surface area contributed by atoms with E-state index in [1.54, 1.807) is 0 Å². The summed E-state index contributed by atoms with van der Waals surface area (Å²) >= 11 is 0. The van der Waals surface area contributed by atoms with E-state index in [4.69, 9.17) is 0 Å². The monoisotopic (exact) mass is 162 g/mol. The van der Waals surface area contributed by atoms with E-state index in [2.05, 4.69) is 50.0 Å². The first-order valence-corrected chi connectivity index (χ1v) is 6.33. The van der Waals surface area contributed by atoms with E-state index < -0.39 is 8.80 Å². The Bertz CT molecular complexity index is 236. The minimum absolute atomic E-state index is 0.796. The highest BCUT2D eigenvalue weighted by molar-refractivity contribution is 6.76. The largest absolute Gasteiger partial charge is 0.107 e. The van der Waals surface area contributed by atoms with E-state index in [-0.39, 0.29) is 0 Å². The summed E-state index contributed by atoms with van der Waals surface area (Å²) in [7, 11) is -0.796. The molecular formula is C10H14Si. The Kier molecular flexibility index (Phi) is 2.66. The van der Waals surface area contributed by atoms with Crippen molar-refractivity contribution in [1.29, 1.82) is 0 Å². The van der Waals surface area contributed by atoms with E-state index in [1.807, 2.05) is 0 Å². The van der Waals surface area contributed by atoms with Crippen molar-refractivity contribution in [3.05, 3.63) is 42.1 Å². The van der Waals surface area contributed by atoms with Gasteiger partial charge in [0.05, 0.1) is 8.80 Å². The van der Waals surface area contributed by atoms with Crippen LogP contribution in [-0.4, -0.2) is 8.80 Å². The summed E-state index contributed by atoms with van der Waals surface area (Å²) in [5.74, 6) is 0. The Morgan fingerprint density at radius 3 is 2.27 bits per heavy atom. The number of aryl methyl sites for hydroxylation is 1. The van der Waals surface area contributed by atoms with Gasteiger partial charge in [-0.15, -0.1) is 12.3 Å². The first-order chi connectivity index (χ1) is 5.24. The molecule has 1 aromatic carbocycles. The van der Waals surface area contributed by atoms with E-state index in [9.17, 15) is 0 Å². The second-order valence-corrected chi connectivity index (χ2v) is 5.65. The fourth-order valence-electron chi connectivity index (χ4n) is 1.01. The molecule has 1 heteroatoms. The van der Waals surface area contributed by atoms with Crippen LogP contribution < -0.4 is 5.19 Å². The molecule has 0 saturated heterocycles. The van der Waals surface area contributed by atoms with Crippen LogP contribution in [0.2, 0.25) is 6.55 Å².